The van der Waals surface area contributed by atoms with Crippen LogP contribution in [0.2, 0.25) is 10.0 Å². The van der Waals surface area contributed by atoms with E-state index >= 15 is 0 Å². The van der Waals surface area contributed by atoms with Gasteiger partial charge in [-0.3, -0.25) is 9.69 Å². The van der Waals surface area contributed by atoms with Crippen LogP contribution in [0.15, 0.2) is 60.7 Å². The fraction of sp³-hybridized carbons (Fsp3) is 0.323. The predicted octanol–water partition coefficient (Wildman–Crippen LogP) is 6.51. The van der Waals surface area contributed by atoms with Crippen LogP contribution in [0.25, 0.3) is 12.2 Å². The monoisotopic (exact) mass is 567 g/mol. The minimum absolute atomic E-state index is 0.0470. The van der Waals surface area contributed by atoms with Gasteiger partial charge in [-0.05, 0) is 73.0 Å². The van der Waals surface area contributed by atoms with Crippen molar-refractivity contribution in [2.75, 3.05) is 58.4 Å². The highest BCUT2D eigenvalue weighted by molar-refractivity contribution is 6.34. The number of benzene rings is 3. The van der Waals surface area contributed by atoms with Crippen LogP contribution in [0.1, 0.15) is 34.3 Å². The summed E-state index contributed by atoms with van der Waals surface area (Å²) in [6, 6.07) is 18.9. The van der Waals surface area contributed by atoms with E-state index in [9.17, 15) is 4.79 Å². The van der Waals surface area contributed by atoms with E-state index in [1.165, 1.54) is 0 Å². The molecule has 3 aromatic rings. The molecule has 1 heterocycles. The first-order chi connectivity index (χ1) is 18.9. The third-order valence-corrected chi connectivity index (χ3v) is 7.25. The summed E-state index contributed by atoms with van der Waals surface area (Å²) in [5.41, 5.74) is 3.68. The number of hydrogen-bond donors (Lipinski definition) is 1. The highest BCUT2D eigenvalue weighted by Gasteiger charge is 2.20. The molecular formula is C31H35Cl2N3O3. The second-order valence-electron chi connectivity index (χ2n) is 9.49. The van der Waals surface area contributed by atoms with Gasteiger partial charge in [0.15, 0.2) is 0 Å². The average molecular weight is 569 g/mol. The number of nitrogens with zero attached hydrogens (tertiary/aromatic N) is 2. The first kappa shape index (κ1) is 28.8. The maximum absolute atomic E-state index is 12.5. The van der Waals surface area contributed by atoms with E-state index in [0.717, 1.165) is 73.9 Å². The Hall–Kier alpha value is -3.19. The fourth-order valence-electron chi connectivity index (χ4n) is 4.63. The average Bonchev–Trinajstić information content (AvgIpc) is 2.95. The lowest BCUT2D eigenvalue weighted by molar-refractivity contribution is 0.0952. The van der Waals surface area contributed by atoms with Gasteiger partial charge in [-0.25, -0.2) is 0 Å². The molecule has 0 unspecified atom stereocenters. The normalized spacial score (nSPS) is 14.0. The van der Waals surface area contributed by atoms with Crippen LogP contribution in [0.4, 0.5) is 5.69 Å². The molecule has 0 atom stereocenters. The third kappa shape index (κ3) is 8.40. The molecule has 0 aromatic heterocycles. The lowest BCUT2D eigenvalue weighted by Gasteiger charge is -2.36. The molecule has 206 valence electrons. The molecule has 0 radical (unpaired) electrons. The summed E-state index contributed by atoms with van der Waals surface area (Å²) >= 11 is 12.1. The Morgan fingerprint density at radius 3 is 2.21 bits per heavy atom. The zero-order chi connectivity index (χ0) is 27.6. The molecular weight excluding hydrogens is 533 g/mol. The van der Waals surface area contributed by atoms with Gasteiger partial charge in [0.2, 0.25) is 0 Å². The number of unbranched alkanes of at least 4 members (excludes halogenated alkanes) is 1. The predicted molar refractivity (Wildman–Crippen MR) is 162 cm³/mol. The molecule has 4 rings (SSSR count). The van der Waals surface area contributed by atoms with Gasteiger partial charge in [0.1, 0.15) is 11.5 Å². The van der Waals surface area contributed by atoms with Crippen LogP contribution in [0.5, 0.6) is 11.5 Å². The van der Waals surface area contributed by atoms with E-state index in [0.29, 0.717) is 22.2 Å². The molecule has 1 saturated heterocycles. The molecule has 1 N–H and O–H groups in total. The summed E-state index contributed by atoms with van der Waals surface area (Å²) in [6.07, 6.45) is 5.91. The summed E-state index contributed by atoms with van der Waals surface area (Å²) in [7, 11) is 3.36. The van der Waals surface area contributed by atoms with Crippen molar-refractivity contribution in [1.82, 2.24) is 10.2 Å². The summed E-state index contributed by atoms with van der Waals surface area (Å²) in [5.74, 6) is 1.59. The Morgan fingerprint density at radius 2 is 1.54 bits per heavy atom. The van der Waals surface area contributed by atoms with Gasteiger partial charge in [0.25, 0.3) is 5.91 Å². The highest BCUT2D eigenvalue weighted by Crippen LogP contribution is 2.32. The minimum Gasteiger partial charge on any atom is -0.497 e. The Bertz CT molecular complexity index is 1250. The van der Waals surface area contributed by atoms with E-state index in [2.05, 4.69) is 21.2 Å². The summed E-state index contributed by atoms with van der Waals surface area (Å²) in [5, 5.41) is 4.24. The number of ether oxygens (including phenoxy) is 2. The molecule has 1 aliphatic heterocycles. The minimum atomic E-state index is -0.0470. The van der Waals surface area contributed by atoms with Gasteiger partial charge in [0, 0.05) is 54.4 Å². The van der Waals surface area contributed by atoms with Crippen molar-refractivity contribution < 1.29 is 14.3 Å². The van der Waals surface area contributed by atoms with Crippen LogP contribution in [0, 0.1) is 0 Å². The number of amides is 1. The zero-order valence-corrected chi connectivity index (χ0v) is 24.0. The molecule has 8 heteroatoms. The molecule has 1 amide bonds. The smallest absolute Gasteiger partial charge is 0.251 e. The molecule has 39 heavy (non-hydrogen) atoms. The largest absolute Gasteiger partial charge is 0.497 e. The topological polar surface area (TPSA) is 54.0 Å². The number of nitrogens with one attached hydrogen (secondary N) is 1. The maximum Gasteiger partial charge on any atom is 0.251 e. The molecule has 1 fully saturated rings. The van der Waals surface area contributed by atoms with E-state index in [4.69, 9.17) is 32.7 Å². The summed E-state index contributed by atoms with van der Waals surface area (Å²) in [6.45, 7) is 5.62. The highest BCUT2D eigenvalue weighted by atomic mass is 35.5. The number of methoxy groups -OCH3 is 2. The van der Waals surface area contributed by atoms with Crippen LogP contribution in [-0.4, -0.2) is 64.3 Å². The number of piperazine rings is 1. The lowest BCUT2D eigenvalue weighted by Crippen LogP contribution is -2.46. The molecule has 3 aromatic carbocycles. The Balaban J connectivity index is 1.14. The maximum atomic E-state index is 12.5. The van der Waals surface area contributed by atoms with Crippen molar-refractivity contribution in [1.29, 1.82) is 0 Å². The van der Waals surface area contributed by atoms with Gasteiger partial charge in [-0.1, -0.05) is 47.5 Å². The number of rotatable bonds is 11. The van der Waals surface area contributed by atoms with Crippen LogP contribution in [-0.2, 0) is 0 Å². The number of carbonyl (C=O) groups excluding carboxylic acids is 1. The summed E-state index contributed by atoms with van der Waals surface area (Å²) < 4.78 is 10.9. The molecule has 0 bridgehead atoms. The molecule has 0 saturated carbocycles. The number of halogens is 2. The second-order valence-corrected chi connectivity index (χ2v) is 10.4. The molecule has 0 spiro atoms. The Labute approximate surface area is 241 Å². The molecule has 0 aliphatic carbocycles. The van der Waals surface area contributed by atoms with Crippen molar-refractivity contribution in [2.45, 2.75) is 12.8 Å². The van der Waals surface area contributed by atoms with Crippen molar-refractivity contribution >= 4 is 46.9 Å². The Kier molecular flexibility index (Phi) is 10.5. The van der Waals surface area contributed by atoms with Crippen molar-refractivity contribution in [3.63, 3.8) is 0 Å². The first-order valence-corrected chi connectivity index (χ1v) is 13.9. The van der Waals surface area contributed by atoms with Crippen LogP contribution >= 0.6 is 23.2 Å². The van der Waals surface area contributed by atoms with Gasteiger partial charge >= 0.3 is 0 Å². The van der Waals surface area contributed by atoms with E-state index < -0.39 is 0 Å². The quantitative estimate of drug-likeness (QED) is 0.211. The fourth-order valence-corrected chi connectivity index (χ4v) is 5.18. The standard InChI is InChI=1S/C31H35Cl2N3O3/c1-38-28-11-12-29(30(22-28)39-2)36-17-15-35(16-18-36)14-4-3-13-34-31(37)25-9-7-23(8-10-25)5-6-24-19-26(32)21-27(33)20-24/h5-12,19-22H,3-4,13-18H2,1-2H3,(H,34,37)/b6-5+. The van der Waals surface area contributed by atoms with Crippen molar-refractivity contribution in [3.05, 3.63) is 87.4 Å². The number of anilines is 1. The van der Waals surface area contributed by atoms with Gasteiger partial charge in [0.05, 0.1) is 19.9 Å². The number of carbonyl (C=O) groups is 1. The van der Waals surface area contributed by atoms with Gasteiger partial charge < -0.3 is 19.7 Å². The zero-order valence-electron chi connectivity index (χ0n) is 22.5. The van der Waals surface area contributed by atoms with Gasteiger partial charge in [-0.2, -0.15) is 0 Å². The first-order valence-electron chi connectivity index (χ1n) is 13.2. The number of hydrogen-bond acceptors (Lipinski definition) is 5. The van der Waals surface area contributed by atoms with Crippen molar-refractivity contribution in [3.8, 4) is 11.5 Å². The SMILES string of the molecule is COc1ccc(N2CCN(CCCCNC(=O)c3ccc(/C=C/c4cc(Cl)cc(Cl)c4)cc3)CC2)c(OC)c1. The second kappa shape index (κ2) is 14.3. The third-order valence-electron chi connectivity index (χ3n) is 6.81. The van der Waals surface area contributed by atoms with Gasteiger partial charge in [-0.15, -0.1) is 0 Å². The van der Waals surface area contributed by atoms with E-state index in [1.54, 1.807) is 20.3 Å². The summed E-state index contributed by atoms with van der Waals surface area (Å²) in [4.78, 5) is 17.4. The van der Waals surface area contributed by atoms with E-state index in [1.807, 2.05) is 60.7 Å². The van der Waals surface area contributed by atoms with E-state index in [-0.39, 0.29) is 5.91 Å². The van der Waals surface area contributed by atoms with Crippen molar-refractivity contribution in [2.24, 2.45) is 0 Å². The van der Waals surface area contributed by atoms with Crippen LogP contribution in [0.3, 0.4) is 0 Å². The Morgan fingerprint density at radius 1 is 0.846 bits per heavy atom. The van der Waals surface area contributed by atoms with Crippen LogP contribution < -0.4 is 19.7 Å². The lowest BCUT2D eigenvalue weighted by atomic mass is 10.1. The molecule has 1 aliphatic rings. The molecule has 6 nitrogen and oxygen atoms in total.